The number of rotatable bonds is 7. The summed E-state index contributed by atoms with van der Waals surface area (Å²) in [6.45, 7) is -0.343. The van der Waals surface area contributed by atoms with Crippen LogP contribution < -0.4 is 0 Å². The van der Waals surface area contributed by atoms with Crippen LogP contribution in [0.4, 0.5) is 0 Å². The molecular formula is C18H18ClNO4. The van der Waals surface area contributed by atoms with Gasteiger partial charge >= 0.3 is 5.97 Å². The molecule has 0 aromatic heterocycles. The first-order chi connectivity index (χ1) is 11.5. The van der Waals surface area contributed by atoms with E-state index >= 15 is 0 Å². The lowest BCUT2D eigenvalue weighted by atomic mass is 9.82. The van der Waals surface area contributed by atoms with E-state index in [0.717, 1.165) is 11.1 Å². The number of esters is 1. The van der Waals surface area contributed by atoms with Gasteiger partial charge in [-0.2, -0.15) is 0 Å². The summed E-state index contributed by atoms with van der Waals surface area (Å²) in [5.74, 6) is -1.71. The van der Waals surface area contributed by atoms with Crippen LogP contribution in [0, 0.1) is 16.0 Å². The van der Waals surface area contributed by atoms with Crippen molar-refractivity contribution in [2.45, 2.75) is 12.3 Å². The lowest BCUT2D eigenvalue weighted by Crippen LogP contribution is -2.30. The number of benzene rings is 2. The number of hydrogen-bond donors (Lipinski definition) is 0. The molecule has 0 unspecified atom stereocenters. The number of ether oxygens (including phenoxy) is 1. The van der Waals surface area contributed by atoms with Crippen molar-refractivity contribution in [3.8, 4) is 0 Å². The maximum atomic E-state index is 12.3. The maximum absolute atomic E-state index is 12.3. The SMILES string of the molecule is COC(=O)[C@H](Cc1cccc(Cl)c1)[C@@H](C[N+](=O)[O-])c1ccccc1. The third-order valence-electron chi connectivity index (χ3n) is 3.91. The molecule has 0 amide bonds. The van der Waals surface area contributed by atoms with E-state index in [9.17, 15) is 14.9 Å². The molecule has 0 aliphatic rings. The average Bonchev–Trinajstić information content (AvgIpc) is 2.58. The molecule has 0 aliphatic heterocycles. The van der Waals surface area contributed by atoms with Crippen LogP contribution in [-0.2, 0) is 16.0 Å². The quantitative estimate of drug-likeness (QED) is 0.434. The van der Waals surface area contributed by atoms with E-state index < -0.39 is 22.7 Å². The first-order valence-electron chi connectivity index (χ1n) is 7.50. The van der Waals surface area contributed by atoms with Gasteiger partial charge in [-0.05, 0) is 29.7 Å². The average molecular weight is 348 g/mol. The van der Waals surface area contributed by atoms with Crippen molar-refractivity contribution in [1.82, 2.24) is 0 Å². The molecule has 5 nitrogen and oxygen atoms in total. The van der Waals surface area contributed by atoms with E-state index in [-0.39, 0.29) is 6.54 Å². The molecule has 0 saturated heterocycles. The van der Waals surface area contributed by atoms with Crippen LogP contribution >= 0.6 is 11.6 Å². The summed E-state index contributed by atoms with van der Waals surface area (Å²) >= 11 is 6.00. The summed E-state index contributed by atoms with van der Waals surface area (Å²) in [4.78, 5) is 23.1. The van der Waals surface area contributed by atoms with Gasteiger partial charge in [0.1, 0.15) is 0 Å². The van der Waals surface area contributed by atoms with Crippen molar-refractivity contribution >= 4 is 17.6 Å². The highest BCUT2D eigenvalue weighted by atomic mass is 35.5. The maximum Gasteiger partial charge on any atom is 0.309 e. The van der Waals surface area contributed by atoms with Gasteiger partial charge in [0.2, 0.25) is 6.54 Å². The van der Waals surface area contributed by atoms with Crippen LogP contribution in [0.15, 0.2) is 54.6 Å². The largest absolute Gasteiger partial charge is 0.469 e. The van der Waals surface area contributed by atoms with Gasteiger partial charge in [-0.3, -0.25) is 14.9 Å². The Hall–Kier alpha value is -2.40. The molecule has 24 heavy (non-hydrogen) atoms. The van der Waals surface area contributed by atoms with Crippen molar-refractivity contribution in [2.24, 2.45) is 5.92 Å². The summed E-state index contributed by atoms with van der Waals surface area (Å²) < 4.78 is 4.90. The van der Waals surface area contributed by atoms with Gasteiger partial charge in [0.15, 0.2) is 0 Å². The Bertz CT molecular complexity index is 705. The van der Waals surface area contributed by atoms with Crippen LogP contribution in [0.5, 0.6) is 0 Å². The van der Waals surface area contributed by atoms with Gasteiger partial charge in [0, 0.05) is 9.95 Å². The molecule has 2 atom stereocenters. The van der Waals surface area contributed by atoms with E-state index in [0.29, 0.717) is 11.4 Å². The summed E-state index contributed by atoms with van der Waals surface area (Å²) in [7, 11) is 1.29. The highest BCUT2D eigenvalue weighted by Gasteiger charge is 2.34. The highest BCUT2D eigenvalue weighted by Crippen LogP contribution is 2.30. The van der Waals surface area contributed by atoms with E-state index in [1.807, 2.05) is 12.1 Å². The van der Waals surface area contributed by atoms with Crippen molar-refractivity contribution < 1.29 is 14.5 Å². The predicted molar refractivity (Wildman–Crippen MR) is 91.7 cm³/mol. The monoisotopic (exact) mass is 347 g/mol. The van der Waals surface area contributed by atoms with Crippen LogP contribution in [0.2, 0.25) is 5.02 Å². The molecule has 0 heterocycles. The van der Waals surface area contributed by atoms with Gasteiger partial charge in [-0.1, -0.05) is 54.1 Å². The Labute approximate surface area is 145 Å². The van der Waals surface area contributed by atoms with Crippen LogP contribution in [0.3, 0.4) is 0 Å². The lowest BCUT2D eigenvalue weighted by molar-refractivity contribution is -0.484. The molecule has 0 saturated carbocycles. The Morgan fingerprint density at radius 2 is 1.92 bits per heavy atom. The molecule has 0 aliphatic carbocycles. The topological polar surface area (TPSA) is 69.4 Å². The normalized spacial score (nSPS) is 13.1. The van der Waals surface area contributed by atoms with Crippen molar-refractivity contribution in [1.29, 1.82) is 0 Å². The first kappa shape index (κ1) is 17.9. The molecule has 0 N–H and O–H groups in total. The Morgan fingerprint density at radius 1 is 1.21 bits per heavy atom. The number of nitro groups is 1. The Kier molecular flexibility index (Phi) is 6.32. The minimum Gasteiger partial charge on any atom is -0.469 e. The van der Waals surface area contributed by atoms with Gasteiger partial charge in [-0.15, -0.1) is 0 Å². The molecule has 2 aromatic rings. The zero-order valence-electron chi connectivity index (χ0n) is 13.2. The number of halogens is 1. The van der Waals surface area contributed by atoms with Crippen LogP contribution in [0.25, 0.3) is 0 Å². The third kappa shape index (κ3) is 4.80. The van der Waals surface area contributed by atoms with Crippen LogP contribution in [-0.4, -0.2) is 24.5 Å². The second-order valence-electron chi connectivity index (χ2n) is 5.50. The summed E-state index contributed by atoms with van der Waals surface area (Å²) in [6.07, 6.45) is 0.320. The number of carbonyl (C=O) groups is 1. The van der Waals surface area contributed by atoms with Crippen LogP contribution in [0.1, 0.15) is 17.0 Å². The van der Waals surface area contributed by atoms with Crippen molar-refractivity contribution in [3.63, 3.8) is 0 Å². The Balaban J connectivity index is 2.38. The van der Waals surface area contributed by atoms with Crippen molar-refractivity contribution in [3.05, 3.63) is 80.9 Å². The molecule has 0 fully saturated rings. The fourth-order valence-electron chi connectivity index (χ4n) is 2.78. The van der Waals surface area contributed by atoms with E-state index in [4.69, 9.17) is 16.3 Å². The molecule has 0 radical (unpaired) electrons. The lowest BCUT2D eigenvalue weighted by Gasteiger charge is -2.23. The Morgan fingerprint density at radius 3 is 2.50 bits per heavy atom. The highest BCUT2D eigenvalue weighted by molar-refractivity contribution is 6.30. The first-order valence-corrected chi connectivity index (χ1v) is 7.88. The fourth-order valence-corrected chi connectivity index (χ4v) is 3.00. The second kappa shape index (κ2) is 8.45. The van der Waals surface area contributed by atoms with Gasteiger partial charge in [0.05, 0.1) is 18.9 Å². The standard InChI is InChI=1S/C18H18ClNO4/c1-24-18(21)16(11-13-6-5-9-15(19)10-13)17(12-20(22)23)14-7-3-2-4-8-14/h2-10,16-17H,11-12H2,1H3/t16-,17+/m1/s1. The van der Waals surface area contributed by atoms with Gasteiger partial charge in [0.25, 0.3) is 0 Å². The van der Waals surface area contributed by atoms with Crippen molar-refractivity contribution in [2.75, 3.05) is 13.7 Å². The third-order valence-corrected chi connectivity index (χ3v) is 4.14. The van der Waals surface area contributed by atoms with Gasteiger partial charge < -0.3 is 4.74 Å². The zero-order valence-corrected chi connectivity index (χ0v) is 14.0. The predicted octanol–water partition coefficient (Wildman–Crippen LogP) is 3.73. The smallest absolute Gasteiger partial charge is 0.309 e. The number of nitrogens with zero attached hydrogens (tertiary/aromatic N) is 1. The molecule has 2 rings (SSSR count). The number of methoxy groups -OCH3 is 1. The summed E-state index contributed by atoms with van der Waals surface area (Å²) in [5, 5.41) is 11.7. The van der Waals surface area contributed by atoms with E-state index in [2.05, 4.69) is 0 Å². The molecule has 2 aromatic carbocycles. The van der Waals surface area contributed by atoms with Gasteiger partial charge in [-0.25, -0.2) is 0 Å². The summed E-state index contributed by atoms with van der Waals surface area (Å²) in [5.41, 5.74) is 1.58. The van der Waals surface area contributed by atoms with E-state index in [1.54, 1.807) is 42.5 Å². The minimum absolute atomic E-state index is 0.320. The molecule has 126 valence electrons. The number of hydrogen-bond acceptors (Lipinski definition) is 4. The second-order valence-corrected chi connectivity index (χ2v) is 5.93. The van der Waals surface area contributed by atoms with E-state index in [1.165, 1.54) is 7.11 Å². The minimum atomic E-state index is -0.665. The number of carbonyl (C=O) groups excluding carboxylic acids is 1. The summed E-state index contributed by atoms with van der Waals surface area (Å²) in [6, 6.07) is 16.1. The molecule has 0 bridgehead atoms. The molecule has 0 spiro atoms. The fraction of sp³-hybridized carbons (Fsp3) is 0.278. The molecule has 6 heteroatoms. The zero-order chi connectivity index (χ0) is 17.5. The molecular weight excluding hydrogens is 330 g/mol.